The Morgan fingerprint density at radius 1 is 1.56 bits per heavy atom. The first kappa shape index (κ1) is 13.8. The molecule has 1 aromatic rings. The summed E-state index contributed by atoms with van der Waals surface area (Å²) in [5.74, 6) is -1.59. The molecular formula is C10H7F3N2O3. The third kappa shape index (κ3) is 3.62. The molecule has 0 aliphatic heterocycles. The molecule has 0 fully saturated rings. The zero-order valence-electron chi connectivity index (χ0n) is 9.11. The summed E-state index contributed by atoms with van der Waals surface area (Å²) in [6.07, 6.45) is -4.28. The van der Waals surface area contributed by atoms with Crippen molar-refractivity contribution in [3.8, 4) is 11.8 Å². The highest BCUT2D eigenvalue weighted by Crippen LogP contribution is 2.25. The predicted octanol–water partition coefficient (Wildman–Crippen LogP) is 2.03. The molecule has 0 N–H and O–H groups in total. The largest absolute Gasteiger partial charge is 0.573 e. The van der Waals surface area contributed by atoms with Crippen LogP contribution in [0.2, 0.25) is 0 Å². The van der Waals surface area contributed by atoms with E-state index < -0.39 is 23.6 Å². The summed E-state index contributed by atoms with van der Waals surface area (Å²) in [6, 6.07) is 2.36. The number of aromatic nitrogens is 1. The van der Waals surface area contributed by atoms with Gasteiger partial charge in [0, 0.05) is 0 Å². The molecule has 5 nitrogen and oxygen atoms in total. The summed E-state index contributed by atoms with van der Waals surface area (Å²) in [5, 5.41) is 8.67. The molecule has 0 bridgehead atoms. The van der Waals surface area contributed by atoms with E-state index in [2.05, 4.69) is 14.5 Å². The lowest BCUT2D eigenvalue weighted by Gasteiger charge is -2.10. The number of esters is 1. The summed E-state index contributed by atoms with van der Waals surface area (Å²) in [6.45, 7) is 1.65. The number of ether oxygens (including phenoxy) is 2. The highest BCUT2D eigenvalue weighted by Gasteiger charge is 2.32. The average Bonchev–Trinajstić information content (AvgIpc) is 2.27. The van der Waals surface area contributed by atoms with Crippen molar-refractivity contribution in [3.05, 3.63) is 23.5 Å². The Bertz CT molecular complexity index is 494. The predicted molar refractivity (Wildman–Crippen MR) is 51.6 cm³/mol. The van der Waals surface area contributed by atoms with Crippen LogP contribution >= 0.6 is 0 Å². The maximum atomic E-state index is 12.0. The van der Waals surface area contributed by atoms with Gasteiger partial charge in [-0.05, 0) is 13.0 Å². The Hall–Kier alpha value is -2.30. The zero-order valence-corrected chi connectivity index (χ0v) is 9.11. The molecule has 0 atom stereocenters. The molecule has 0 saturated carbocycles. The Balaban J connectivity index is 3.05. The molecule has 1 heterocycles. The minimum absolute atomic E-state index is 0.0865. The van der Waals surface area contributed by atoms with Crippen LogP contribution in [0.3, 0.4) is 0 Å². The first-order valence-corrected chi connectivity index (χ1v) is 4.70. The number of hydrogen-bond donors (Lipinski definition) is 0. The smallest absolute Gasteiger partial charge is 0.461 e. The van der Waals surface area contributed by atoms with Gasteiger partial charge >= 0.3 is 12.3 Å². The van der Waals surface area contributed by atoms with Crippen molar-refractivity contribution in [2.24, 2.45) is 0 Å². The van der Waals surface area contributed by atoms with Crippen LogP contribution in [0, 0.1) is 11.3 Å². The first-order valence-electron chi connectivity index (χ1n) is 4.70. The molecular weight excluding hydrogens is 253 g/mol. The first-order chi connectivity index (χ1) is 8.37. The van der Waals surface area contributed by atoms with E-state index in [1.165, 1.54) is 6.07 Å². The summed E-state index contributed by atoms with van der Waals surface area (Å²) in [7, 11) is 0. The highest BCUT2D eigenvalue weighted by atomic mass is 19.4. The van der Waals surface area contributed by atoms with Crippen molar-refractivity contribution in [1.82, 2.24) is 4.98 Å². The van der Waals surface area contributed by atoms with Gasteiger partial charge in [-0.2, -0.15) is 5.26 Å². The van der Waals surface area contributed by atoms with Crippen molar-refractivity contribution < 1.29 is 27.4 Å². The number of carbonyl (C=O) groups is 1. The maximum Gasteiger partial charge on any atom is 0.573 e. The Morgan fingerprint density at radius 2 is 2.22 bits per heavy atom. The van der Waals surface area contributed by atoms with Crippen LogP contribution in [0.1, 0.15) is 23.0 Å². The van der Waals surface area contributed by atoms with E-state index >= 15 is 0 Å². The summed E-state index contributed by atoms with van der Waals surface area (Å²) < 4.78 is 44.1. The topological polar surface area (TPSA) is 72.2 Å². The van der Waals surface area contributed by atoms with Crippen LogP contribution in [0.4, 0.5) is 13.2 Å². The quantitative estimate of drug-likeness (QED) is 0.777. The van der Waals surface area contributed by atoms with Crippen molar-refractivity contribution in [2.45, 2.75) is 13.3 Å². The molecule has 0 aliphatic carbocycles. The van der Waals surface area contributed by atoms with Crippen LogP contribution < -0.4 is 4.74 Å². The second-order valence-corrected chi connectivity index (χ2v) is 2.95. The SMILES string of the molecule is CCOC(=O)c1cc(C#N)c(OC(F)(F)F)cn1. The maximum absolute atomic E-state index is 12.0. The lowest BCUT2D eigenvalue weighted by molar-refractivity contribution is -0.274. The van der Waals surface area contributed by atoms with E-state index in [0.717, 1.165) is 6.07 Å². The summed E-state index contributed by atoms with van der Waals surface area (Å²) in [4.78, 5) is 14.7. The van der Waals surface area contributed by atoms with Crippen molar-refractivity contribution in [1.29, 1.82) is 5.26 Å². The molecule has 18 heavy (non-hydrogen) atoms. The van der Waals surface area contributed by atoms with Crippen LogP contribution in [-0.2, 0) is 4.74 Å². The number of carbonyl (C=O) groups excluding carboxylic acids is 1. The van der Waals surface area contributed by atoms with Gasteiger partial charge in [0.2, 0.25) is 0 Å². The van der Waals surface area contributed by atoms with Crippen molar-refractivity contribution in [2.75, 3.05) is 6.61 Å². The fourth-order valence-electron chi connectivity index (χ4n) is 1.05. The van der Waals surface area contributed by atoms with Crippen molar-refractivity contribution >= 4 is 5.97 Å². The number of pyridine rings is 1. The Kier molecular flexibility index (Phi) is 4.09. The van der Waals surface area contributed by atoms with Gasteiger partial charge in [-0.1, -0.05) is 0 Å². The number of nitriles is 1. The second-order valence-electron chi connectivity index (χ2n) is 2.95. The molecule has 96 valence electrons. The Morgan fingerprint density at radius 3 is 2.72 bits per heavy atom. The van der Waals surface area contributed by atoms with Gasteiger partial charge in [0.05, 0.1) is 18.4 Å². The van der Waals surface area contributed by atoms with Crippen LogP contribution in [-0.4, -0.2) is 23.9 Å². The van der Waals surface area contributed by atoms with Gasteiger partial charge in [-0.3, -0.25) is 0 Å². The third-order valence-corrected chi connectivity index (χ3v) is 1.70. The highest BCUT2D eigenvalue weighted by molar-refractivity contribution is 5.87. The number of hydrogen-bond acceptors (Lipinski definition) is 5. The molecule has 0 amide bonds. The molecule has 8 heteroatoms. The van der Waals surface area contributed by atoms with Gasteiger partial charge in [0.25, 0.3) is 0 Å². The lowest BCUT2D eigenvalue weighted by atomic mass is 10.2. The fourth-order valence-corrected chi connectivity index (χ4v) is 1.05. The molecule has 0 unspecified atom stereocenters. The summed E-state index contributed by atoms with van der Waals surface area (Å²) >= 11 is 0. The minimum Gasteiger partial charge on any atom is -0.461 e. The number of nitrogens with zero attached hydrogens (tertiary/aromatic N) is 2. The van der Waals surface area contributed by atoms with E-state index in [0.29, 0.717) is 6.20 Å². The number of halogens is 3. The molecule has 0 spiro atoms. The lowest BCUT2D eigenvalue weighted by Crippen LogP contribution is -2.18. The summed E-state index contributed by atoms with van der Waals surface area (Å²) in [5.41, 5.74) is -0.715. The van der Waals surface area contributed by atoms with E-state index in [1.54, 1.807) is 6.92 Å². The zero-order chi connectivity index (χ0) is 13.8. The van der Waals surface area contributed by atoms with E-state index in [1.807, 2.05) is 0 Å². The van der Waals surface area contributed by atoms with E-state index in [9.17, 15) is 18.0 Å². The second kappa shape index (κ2) is 5.35. The van der Waals surface area contributed by atoms with Crippen LogP contribution in [0.5, 0.6) is 5.75 Å². The molecule has 0 saturated heterocycles. The molecule has 0 aliphatic rings. The van der Waals surface area contributed by atoms with E-state index in [-0.39, 0.29) is 12.3 Å². The van der Waals surface area contributed by atoms with Gasteiger partial charge in [-0.25, -0.2) is 9.78 Å². The number of alkyl halides is 3. The molecule has 1 rings (SSSR count). The standard InChI is InChI=1S/C10H7F3N2O3/c1-2-17-9(16)7-3-6(4-14)8(5-15-7)18-10(11,12)13/h3,5H,2H2,1H3. The normalized spacial score (nSPS) is 10.6. The number of rotatable bonds is 3. The van der Waals surface area contributed by atoms with Gasteiger partial charge in [-0.15, -0.1) is 13.2 Å². The third-order valence-electron chi connectivity index (χ3n) is 1.70. The monoisotopic (exact) mass is 260 g/mol. The fraction of sp³-hybridized carbons (Fsp3) is 0.300. The Labute approximate surface area is 99.8 Å². The molecule has 1 aromatic heterocycles. The molecule has 0 aromatic carbocycles. The van der Waals surface area contributed by atoms with Gasteiger partial charge < -0.3 is 9.47 Å². The van der Waals surface area contributed by atoms with Crippen molar-refractivity contribution in [3.63, 3.8) is 0 Å². The van der Waals surface area contributed by atoms with E-state index in [4.69, 9.17) is 5.26 Å². The minimum atomic E-state index is -4.93. The van der Waals surface area contributed by atoms with Gasteiger partial charge in [0.1, 0.15) is 11.8 Å². The van der Waals surface area contributed by atoms with Crippen LogP contribution in [0.15, 0.2) is 12.3 Å². The average molecular weight is 260 g/mol. The van der Waals surface area contributed by atoms with Crippen LogP contribution in [0.25, 0.3) is 0 Å². The van der Waals surface area contributed by atoms with Gasteiger partial charge in [0.15, 0.2) is 5.75 Å². The molecule has 0 radical (unpaired) electrons.